The van der Waals surface area contributed by atoms with E-state index in [0.717, 1.165) is 5.56 Å². The molecule has 1 aromatic carbocycles. The van der Waals surface area contributed by atoms with E-state index in [-0.39, 0.29) is 24.1 Å². The Morgan fingerprint density at radius 3 is 3.11 bits per heavy atom. The van der Waals surface area contributed by atoms with Gasteiger partial charge in [0.1, 0.15) is 5.75 Å². The fourth-order valence-corrected chi connectivity index (χ4v) is 2.12. The van der Waals surface area contributed by atoms with E-state index in [9.17, 15) is 9.90 Å². The maximum Gasteiger partial charge on any atom is 0.227 e. The van der Waals surface area contributed by atoms with Crippen molar-refractivity contribution in [1.29, 1.82) is 0 Å². The molecular weight excluding hydrogens is 232 g/mol. The summed E-state index contributed by atoms with van der Waals surface area (Å²) in [5.41, 5.74) is 6.44. The standard InChI is InChI=1S/C13H18N2O3/c14-8-11-9-18-5-4-15(11)13(17)7-10-2-1-3-12(16)6-10/h1-3,6,11,16H,4-5,7-9,14H2. The normalized spacial score (nSPS) is 19.8. The Morgan fingerprint density at radius 2 is 2.39 bits per heavy atom. The lowest BCUT2D eigenvalue weighted by Gasteiger charge is -2.35. The number of rotatable bonds is 3. The highest BCUT2D eigenvalue weighted by Gasteiger charge is 2.25. The average Bonchev–Trinajstić information content (AvgIpc) is 2.38. The minimum absolute atomic E-state index is 0.0272. The molecule has 1 amide bonds. The second-order valence-electron chi connectivity index (χ2n) is 4.40. The summed E-state index contributed by atoms with van der Waals surface area (Å²) in [5, 5.41) is 9.37. The second kappa shape index (κ2) is 5.84. The number of carbonyl (C=O) groups is 1. The Kier molecular flexibility index (Phi) is 4.17. The lowest BCUT2D eigenvalue weighted by atomic mass is 10.1. The molecule has 1 aromatic rings. The zero-order valence-electron chi connectivity index (χ0n) is 10.2. The van der Waals surface area contributed by atoms with E-state index in [1.807, 2.05) is 6.07 Å². The van der Waals surface area contributed by atoms with Crippen LogP contribution in [0.25, 0.3) is 0 Å². The highest BCUT2D eigenvalue weighted by Crippen LogP contribution is 2.14. The Morgan fingerprint density at radius 1 is 1.56 bits per heavy atom. The van der Waals surface area contributed by atoms with Gasteiger partial charge in [0.05, 0.1) is 25.7 Å². The number of carbonyl (C=O) groups excluding carboxylic acids is 1. The Labute approximate surface area is 106 Å². The van der Waals surface area contributed by atoms with Crippen molar-refractivity contribution in [2.45, 2.75) is 12.5 Å². The summed E-state index contributed by atoms with van der Waals surface area (Å²) in [6, 6.07) is 6.72. The molecule has 3 N–H and O–H groups in total. The molecule has 1 unspecified atom stereocenters. The minimum atomic E-state index is -0.0384. The molecular formula is C13H18N2O3. The fourth-order valence-electron chi connectivity index (χ4n) is 2.12. The Bertz CT molecular complexity index is 422. The first-order valence-electron chi connectivity index (χ1n) is 6.06. The van der Waals surface area contributed by atoms with Crippen molar-refractivity contribution in [2.24, 2.45) is 5.73 Å². The molecule has 1 heterocycles. The van der Waals surface area contributed by atoms with E-state index >= 15 is 0 Å². The fraction of sp³-hybridized carbons (Fsp3) is 0.462. The van der Waals surface area contributed by atoms with Gasteiger partial charge in [0.15, 0.2) is 0 Å². The van der Waals surface area contributed by atoms with Crippen molar-refractivity contribution < 1.29 is 14.6 Å². The van der Waals surface area contributed by atoms with Gasteiger partial charge in [-0.2, -0.15) is 0 Å². The van der Waals surface area contributed by atoms with Crippen LogP contribution in [0, 0.1) is 0 Å². The van der Waals surface area contributed by atoms with E-state index in [0.29, 0.717) is 26.3 Å². The summed E-state index contributed by atoms with van der Waals surface area (Å²) in [6.07, 6.45) is 0.283. The number of benzene rings is 1. The molecule has 1 atom stereocenters. The smallest absolute Gasteiger partial charge is 0.227 e. The number of amides is 1. The van der Waals surface area contributed by atoms with Gasteiger partial charge in [-0.25, -0.2) is 0 Å². The average molecular weight is 250 g/mol. The van der Waals surface area contributed by atoms with Crippen LogP contribution < -0.4 is 5.73 Å². The maximum absolute atomic E-state index is 12.2. The van der Waals surface area contributed by atoms with Crippen LogP contribution in [0.15, 0.2) is 24.3 Å². The van der Waals surface area contributed by atoms with E-state index in [1.54, 1.807) is 23.1 Å². The van der Waals surface area contributed by atoms with E-state index in [2.05, 4.69) is 0 Å². The van der Waals surface area contributed by atoms with Gasteiger partial charge in [-0.1, -0.05) is 12.1 Å². The van der Waals surface area contributed by atoms with E-state index in [4.69, 9.17) is 10.5 Å². The highest BCUT2D eigenvalue weighted by molar-refractivity contribution is 5.79. The highest BCUT2D eigenvalue weighted by atomic mass is 16.5. The second-order valence-corrected chi connectivity index (χ2v) is 4.40. The summed E-state index contributed by atoms with van der Waals surface area (Å²) in [7, 11) is 0. The first-order chi connectivity index (χ1) is 8.70. The largest absolute Gasteiger partial charge is 0.508 e. The predicted molar refractivity (Wildman–Crippen MR) is 67.2 cm³/mol. The first-order valence-corrected chi connectivity index (χ1v) is 6.06. The predicted octanol–water partition coefficient (Wildman–Crippen LogP) is 0.121. The molecule has 5 nitrogen and oxygen atoms in total. The molecule has 0 aliphatic carbocycles. The number of nitrogens with two attached hydrogens (primary N) is 1. The first kappa shape index (κ1) is 12.9. The zero-order chi connectivity index (χ0) is 13.0. The number of phenols is 1. The summed E-state index contributed by atoms with van der Waals surface area (Å²) in [5.74, 6) is 0.206. The van der Waals surface area contributed by atoms with Crippen LogP contribution in [-0.4, -0.2) is 48.3 Å². The molecule has 98 valence electrons. The molecule has 5 heteroatoms. The van der Waals surface area contributed by atoms with Gasteiger partial charge in [0.2, 0.25) is 5.91 Å². The number of aromatic hydroxyl groups is 1. The lowest BCUT2D eigenvalue weighted by Crippen LogP contribution is -2.52. The SMILES string of the molecule is NCC1COCCN1C(=O)Cc1cccc(O)c1. The molecule has 1 aliphatic rings. The van der Waals surface area contributed by atoms with Crippen LogP contribution in [0.5, 0.6) is 5.75 Å². The molecule has 0 aromatic heterocycles. The van der Waals surface area contributed by atoms with Crippen LogP contribution in [0.1, 0.15) is 5.56 Å². The van der Waals surface area contributed by atoms with Gasteiger partial charge in [0, 0.05) is 13.1 Å². The van der Waals surface area contributed by atoms with Crippen molar-refractivity contribution in [2.75, 3.05) is 26.3 Å². The van der Waals surface area contributed by atoms with Gasteiger partial charge in [-0.3, -0.25) is 4.79 Å². The monoisotopic (exact) mass is 250 g/mol. The van der Waals surface area contributed by atoms with Gasteiger partial charge >= 0.3 is 0 Å². The molecule has 18 heavy (non-hydrogen) atoms. The minimum Gasteiger partial charge on any atom is -0.508 e. The van der Waals surface area contributed by atoms with Crippen molar-refractivity contribution in [1.82, 2.24) is 4.90 Å². The van der Waals surface area contributed by atoms with Crippen LogP contribution in [0.3, 0.4) is 0 Å². The summed E-state index contributed by atoms with van der Waals surface area (Å²) >= 11 is 0. The summed E-state index contributed by atoms with van der Waals surface area (Å²) in [6.45, 7) is 2.05. The quantitative estimate of drug-likeness (QED) is 0.799. The van der Waals surface area contributed by atoms with Crippen molar-refractivity contribution in [3.8, 4) is 5.75 Å². The molecule has 0 radical (unpaired) electrons. The number of hydrogen-bond donors (Lipinski definition) is 2. The van der Waals surface area contributed by atoms with Crippen molar-refractivity contribution in [3.05, 3.63) is 29.8 Å². The van der Waals surface area contributed by atoms with E-state index in [1.165, 1.54) is 0 Å². The number of ether oxygens (including phenoxy) is 1. The molecule has 1 saturated heterocycles. The number of morpholine rings is 1. The van der Waals surface area contributed by atoms with Gasteiger partial charge in [-0.15, -0.1) is 0 Å². The third-order valence-electron chi connectivity index (χ3n) is 3.09. The van der Waals surface area contributed by atoms with Gasteiger partial charge in [0.25, 0.3) is 0 Å². The molecule has 2 rings (SSSR count). The topological polar surface area (TPSA) is 75.8 Å². The van der Waals surface area contributed by atoms with Gasteiger partial charge < -0.3 is 20.5 Å². The molecule has 0 bridgehead atoms. The van der Waals surface area contributed by atoms with Crippen LogP contribution in [-0.2, 0) is 16.0 Å². The molecule has 1 aliphatic heterocycles. The maximum atomic E-state index is 12.2. The number of phenolic OH excluding ortho intramolecular Hbond substituents is 1. The molecule has 0 saturated carbocycles. The zero-order valence-corrected chi connectivity index (χ0v) is 10.2. The molecule has 0 spiro atoms. The Balaban J connectivity index is 2.02. The Hall–Kier alpha value is -1.59. The van der Waals surface area contributed by atoms with Gasteiger partial charge in [-0.05, 0) is 17.7 Å². The van der Waals surface area contributed by atoms with Crippen LogP contribution >= 0.6 is 0 Å². The number of nitrogens with zero attached hydrogens (tertiary/aromatic N) is 1. The lowest BCUT2D eigenvalue weighted by molar-refractivity contribution is -0.138. The van der Waals surface area contributed by atoms with Crippen LogP contribution in [0.4, 0.5) is 0 Å². The van der Waals surface area contributed by atoms with Crippen LogP contribution in [0.2, 0.25) is 0 Å². The molecule has 1 fully saturated rings. The van der Waals surface area contributed by atoms with Crippen molar-refractivity contribution >= 4 is 5.91 Å². The third kappa shape index (κ3) is 3.00. The number of hydrogen-bond acceptors (Lipinski definition) is 4. The third-order valence-corrected chi connectivity index (χ3v) is 3.09. The van der Waals surface area contributed by atoms with E-state index < -0.39 is 0 Å². The summed E-state index contributed by atoms with van der Waals surface area (Å²) < 4.78 is 5.31. The summed E-state index contributed by atoms with van der Waals surface area (Å²) in [4.78, 5) is 14.0. The van der Waals surface area contributed by atoms with Crippen molar-refractivity contribution in [3.63, 3.8) is 0 Å².